The van der Waals surface area contributed by atoms with Crippen molar-refractivity contribution in [3.8, 4) is 0 Å². The molecule has 4 rings (SSSR count). The van der Waals surface area contributed by atoms with Crippen molar-refractivity contribution in [1.82, 2.24) is 10.2 Å². The van der Waals surface area contributed by atoms with Gasteiger partial charge in [-0.1, -0.05) is 60.7 Å². The highest BCUT2D eigenvalue weighted by Crippen LogP contribution is 2.38. The van der Waals surface area contributed by atoms with Gasteiger partial charge in [0.25, 0.3) is 0 Å². The molecule has 0 saturated carbocycles. The number of piperidine rings is 1. The Labute approximate surface area is 167 Å². The molecule has 0 radical (unpaired) electrons. The first-order valence-electron chi connectivity index (χ1n) is 10.5. The van der Waals surface area contributed by atoms with Crippen LogP contribution in [0.5, 0.6) is 0 Å². The number of benzene rings is 2. The van der Waals surface area contributed by atoms with E-state index >= 15 is 0 Å². The fourth-order valence-electron chi connectivity index (χ4n) is 4.60. The average Bonchev–Trinajstić information content (AvgIpc) is 2.74. The Morgan fingerprint density at radius 3 is 2.32 bits per heavy atom. The highest BCUT2D eigenvalue weighted by atomic mass is 16.5. The van der Waals surface area contributed by atoms with Crippen molar-refractivity contribution < 1.29 is 9.53 Å². The highest BCUT2D eigenvalue weighted by molar-refractivity contribution is 5.74. The van der Waals surface area contributed by atoms with E-state index in [0.29, 0.717) is 12.5 Å². The number of carbonyl (C=O) groups is 1. The maximum Gasteiger partial charge on any atom is 0.317 e. The third-order valence-electron chi connectivity index (χ3n) is 6.21. The summed E-state index contributed by atoms with van der Waals surface area (Å²) >= 11 is 0. The minimum absolute atomic E-state index is 0.0338. The van der Waals surface area contributed by atoms with Crippen LogP contribution in [0.4, 0.5) is 4.79 Å². The van der Waals surface area contributed by atoms with Gasteiger partial charge in [-0.2, -0.15) is 0 Å². The van der Waals surface area contributed by atoms with Crippen LogP contribution in [-0.2, 0) is 17.7 Å². The second kappa shape index (κ2) is 8.78. The molecule has 28 heavy (non-hydrogen) atoms. The van der Waals surface area contributed by atoms with Gasteiger partial charge >= 0.3 is 6.03 Å². The van der Waals surface area contributed by atoms with Gasteiger partial charge in [0, 0.05) is 26.2 Å². The summed E-state index contributed by atoms with van der Waals surface area (Å²) in [6, 6.07) is 20.9. The second-order valence-corrected chi connectivity index (χ2v) is 8.21. The van der Waals surface area contributed by atoms with E-state index in [-0.39, 0.29) is 11.6 Å². The number of amides is 2. The van der Waals surface area contributed by atoms with E-state index in [1.165, 1.54) is 5.56 Å². The number of hydrogen-bond acceptors (Lipinski definition) is 2. The van der Waals surface area contributed by atoms with Crippen LogP contribution < -0.4 is 5.32 Å². The van der Waals surface area contributed by atoms with E-state index in [0.717, 1.165) is 57.4 Å². The first-order chi connectivity index (χ1) is 13.7. The zero-order chi connectivity index (χ0) is 19.2. The lowest BCUT2D eigenvalue weighted by molar-refractivity contribution is -0.122. The Bertz CT molecular complexity index is 755. The monoisotopic (exact) mass is 378 g/mol. The van der Waals surface area contributed by atoms with Gasteiger partial charge < -0.3 is 15.0 Å². The molecule has 0 aromatic heterocycles. The van der Waals surface area contributed by atoms with E-state index in [1.54, 1.807) is 0 Å². The van der Waals surface area contributed by atoms with E-state index in [4.69, 9.17) is 4.74 Å². The van der Waals surface area contributed by atoms with E-state index in [9.17, 15) is 4.79 Å². The molecular formula is C24H30N2O2. The molecule has 1 N–H and O–H groups in total. The molecule has 2 heterocycles. The van der Waals surface area contributed by atoms with Crippen molar-refractivity contribution in [2.24, 2.45) is 5.92 Å². The van der Waals surface area contributed by atoms with Crippen molar-refractivity contribution in [2.45, 2.75) is 44.2 Å². The normalized spacial score (nSPS) is 21.4. The number of rotatable bonds is 4. The third kappa shape index (κ3) is 4.74. The van der Waals surface area contributed by atoms with Gasteiger partial charge in [0.05, 0.1) is 5.60 Å². The van der Waals surface area contributed by atoms with Crippen LogP contribution in [0.3, 0.4) is 0 Å². The fourth-order valence-corrected chi connectivity index (χ4v) is 4.60. The van der Waals surface area contributed by atoms with Crippen LogP contribution in [0.2, 0.25) is 0 Å². The molecule has 1 atom stereocenters. The molecule has 2 aromatic carbocycles. The second-order valence-electron chi connectivity index (χ2n) is 8.21. The minimum atomic E-state index is -0.0338. The zero-order valence-corrected chi connectivity index (χ0v) is 16.5. The summed E-state index contributed by atoms with van der Waals surface area (Å²) < 4.78 is 6.27. The van der Waals surface area contributed by atoms with Crippen LogP contribution in [0, 0.1) is 5.92 Å². The summed E-state index contributed by atoms with van der Waals surface area (Å²) in [4.78, 5) is 14.5. The highest BCUT2D eigenvalue weighted by Gasteiger charge is 2.41. The predicted molar refractivity (Wildman–Crippen MR) is 111 cm³/mol. The maximum atomic E-state index is 12.5. The predicted octanol–water partition coefficient (Wildman–Crippen LogP) is 4.40. The first-order valence-corrected chi connectivity index (χ1v) is 10.5. The molecule has 4 nitrogen and oxygen atoms in total. The molecule has 2 amide bonds. The van der Waals surface area contributed by atoms with Crippen molar-refractivity contribution in [1.29, 1.82) is 0 Å². The molecule has 2 aliphatic rings. The Morgan fingerprint density at radius 2 is 1.64 bits per heavy atom. The van der Waals surface area contributed by atoms with Crippen molar-refractivity contribution in [2.75, 3.05) is 19.7 Å². The number of urea groups is 1. The summed E-state index contributed by atoms with van der Waals surface area (Å²) in [6.45, 7) is 2.98. The summed E-state index contributed by atoms with van der Waals surface area (Å²) in [5.41, 5.74) is 2.51. The Balaban J connectivity index is 1.27. The Hall–Kier alpha value is -2.33. The third-order valence-corrected chi connectivity index (χ3v) is 6.21. The number of ether oxygens (including phenoxy) is 1. The molecule has 1 unspecified atom stereocenters. The Morgan fingerprint density at radius 1 is 1.00 bits per heavy atom. The van der Waals surface area contributed by atoms with Crippen LogP contribution in [0.15, 0.2) is 60.7 Å². The molecule has 2 fully saturated rings. The van der Waals surface area contributed by atoms with Gasteiger partial charge in [-0.3, -0.25) is 0 Å². The zero-order valence-electron chi connectivity index (χ0n) is 16.5. The maximum absolute atomic E-state index is 12.5. The van der Waals surface area contributed by atoms with Gasteiger partial charge in [0.1, 0.15) is 0 Å². The van der Waals surface area contributed by atoms with Gasteiger partial charge in [-0.15, -0.1) is 0 Å². The van der Waals surface area contributed by atoms with Crippen molar-refractivity contribution in [3.63, 3.8) is 0 Å². The number of nitrogens with zero attached hydrogens (tertiary/aromatic N) is 1. The molecule has 4 heteroatoms. The van der Waals surface area contributed by atoms with E-state index < -0.39 is 0 Å². The van der Waals surface area contributed by atoms with Gasteiger partial charge in [-0.05, 0) is 49.1 Å². The van der Waals surface area contributed by atoms with Crippen LogP contribution >= 0.6 is 0 Å². The quantitative estimate of drug-likeness (QED) is 0.857. The van der Waals surface area contributed by atoms with Gasteiger partial charge in [0.15, 0.2) is 0 Å². The van der Waals surface area contributed by atoms with Crippen LogP contribution in [0.25, 0.3) is 0 Å². The SMILES string of the molecule is O=C(NCc1ccccc1)N1CCC2(CC1)CC(Cc1ccccc1)CCO2. The van der Waals surface area contributed by atoms with Crippen molar-refractivity contribution >= 4 is 6.03 Å². The summed E-state index contributed by atoms with van der Waals surface area (Å²) in [6.07, 6.45) is 5.26. The van der Waals surface area contributed by atoms with Crippen LogP contribution in [0.1, 0.15) is 36.8 Å². The molecule has 148 valence electrons. The lowest BCUT2D eigenvalue weighted by Gasteiger charge is -2.46. The Kier molecular flexibility index (Phi) is 5.96. The number of likely N-dealkylation sites (tertiary alicyclic amines) is 1. The van der Waals surface area contributed by atoms with Crippen molar-refractivity contribution in [3.05, 3.63) is 71.8 Å². The molecule has 0 bridgehead atoms. The molecule has 2 saturated heterocycles. The number of nitrogens with one attached hydrogen (secondary N) is 1. The number of carbonyl (C=O) groups excluding carboxylic acids is 1. The largest absolute Gasteiger partial charge is 0.375 e. The van der Waals surface area contributed by atoms with E-state index in [2.05, 4.69) is 35.6 Å². The molecule has 2 aliphatic heterocycles. The summed E-state index contributed by atoms with van der Waals surface area (Å²) in [7, 11) is 0. The number of hydrogen-bond donors (Lipinski definition) is 1. The standard InChI is InChI=1S/C24H30N2O2/c27-23(25-19-21-9-5-2-6-10-21)26-14-12-24(13-15-26)18-22(11-16-28-24)17-20-7-3-1-4-8-20/h1-10,22H,11-19H2,(H,25,27). The molecule has 1 spiro atoms. The minimum Gasteiger partial charge on any atom is -0.375 e. The van der Waals surface area contributed by atoms with Crippen LogP contribution in [-0.4, -0.2) is 36.2 Å². The lowest BCUT2D eigenvalue weighted by Crippen LogP contribution is -2.52. The topological polar surface area (TPSA) is 41.6 Å². The average molecular weight is 379 g/mol. The fraction of sp³-hybridized carbons (Fsp3) is 0.458. The smallest absolute Gasteiger partial charge is 0.317 e. The summed E-state index contributed by atoms with van der Waals surface area (Å²) in [5, 5.41) is 3.05. The first kappa shape index (κ1) is 19.0. The molecule has 0 aliphatic carbocycles. The lowest BCUT2D eigenvalue weighted by atomic mass is 9.77. The van der Waals surface area contributed by atoms with E-state index in [1.807, 2.05) is 35.2 Å². The van der Waals surface area contributed by atoms with Gasteiger partial charge in [0.2, 0.25) is 0 Å². The molecule has 2 aromatic rings. The molecular weight excluding hydrogens is 348 g/mol. The summed E-state index contributed by atoms with van der Waals surface area (Å²) in [5.74, 6) is 0.676. The van der Waals surface area contributed by atoms with Gasteiger partial charge in [-0.25, -0.2) is 4.79 Å².